The van der Waals surface area contributed by atoms with E-state index in [9.17, 15) is 9.59 Å². The Labute approximate surface area is 134 Å². The molecule has 0 radical (unpaired) electrons. The standard InChI is InChI=1S/C18H19NO4/c1-3-23-16-9-4-12(2)10-15(16)17(20)19-11-13-5-7-14(8-6-13)18(21)22/h4-10H,3,11H2,1-2H3,(H,19,20)(H,21,22). The minimum absolute atomic E-state index is 0.220. The highest BCUT2D eigenvalue weighted by Crippen LogP contribution is 2.20. The maximum Gasteiger partial charge on any atom is 0.335 e. The van der Waals surface area contributed by atoms with Gasteiger partial charge in [-0.1, -0.05) is 23.8 Å². The van der Waals surface area contributed by atoms with Crippen LogP contribution in [0.5, 0.6) is 5.75 Å². The van der Waals surface area contributed by atoms with Crippen LogP contribution >= 0.6 is 0 Å². The SMILES string of the molecule is CCOc1ccc(C)cc1C(=O)NCc1ccc(C(=O)O)cc1. The molecule has 2 rings (SSSR count). The zero-order chi connectivity index (χ0) is 16.8. The van der Waals surface area contributed by atoms with Crippen molar-refractivity contribution in [1.29, 1.82) is 0 Å². The third kappa shape index (κ3) is 4.32. The van der Waals surface area contributed by atoms with Crippen molar-refractivity contribution in [3.8, 4) is 5.75 Å². The molecule has 2 aromatic rings. The van der Waals surface area contributed by atoms with Crippen LogP contribution in [0, 0.1) is 6.92 Å². The Morgan fingerprint density at radius 2 is 1.83 bits per heavy atom. The van der Waals surface area contributed by atoms with Gasteiger partial charge in [0, 0.05) is 6.54 Å². The highest BCUT2D eigenvalue weighted by molar-refractivity contribution is 5.97. The average Bonchev–Trinajstić information content (AvgIpc) is 2.54. The van der Waals surface area contributed by atoms with Crippen molar-refractivity contribution >= 4 is 11.9 Å². The molecule has 0 atom stereocenters. The summed E-state index contributed by atoms with van der Waals surface area (Å²) in [6.45, 7) is 4.58. The topological polar surface area (TPSA) is 75.6 Å². The molecule has 0 spiro atoms. The van der Waals surface area contributed by atoms with E-state index in [1.807, 2.05) is 19.9 Å². The van der Waals surface area contributed by atoms with Gasteiger partial charge in [0.15, 0.2) is 0 Å². The van der Waals surface area contributed by atoms with Crippen LogP contribution in [0.25, 0.3) is 0 Å². The Kier molecular flexibility index (Phi) is 5.36. The Bertz CT molecular complexity index is 707. The number of aryl methyl sites for hydroxylation is 1. The normalized spacial score (nSPS) is 10.2. The second-order valence-corrected chi connectivity index (χ2v) is 5.12. The summed E-state index contributed by atoms with van der Waals surface area (Å²) in [5.41, 5.74) is 2.52. The molecule has 5 heteroatoms. The summed E-state index contributed by atoms with van der Waals surface area (Å²) >= 11 is 0. The maximum atomic E-state index is 12.4. The van der Waals surface area contributed by atoms with E-state index in [2.05, 4.69) is 5.32 Å². The molecule has 0 aliphatic heterocycles. The van der Waals surface area contributed by atoms with Gasteiger partial charge < -0.3 is 15.2 Å². The summed E-state index contributed by atoms with van der Waals surface area (Å²) in [5.74, 6) is -0.641. The van der Waals surface area contributed by atoms with Gasteiger partial charge in [-0.05, 0) is 43.7 Å². The van der Waals surface area contributed by atoms with E-state index in [1.54, 1.807) is 24.3 Å². The van der Waals surface area contributed by atoms with Crippen LogP contribution in [-0.4, -0.2) is 23.6 Å². The third-order valence-electron chi connectivity index (χ3n) is 3.33. The van der Waals surface area contributed by atoms with E-state index < -0.39 is 5.97 Å². The number of carboxylic acids is 1. The van der Waals surface area contributed by atoms with Crippen LogP contribution in [0.2, 0.25) is 0 Å². The Hall–Kier alpha value is -2.82. The molecule has 0 saturated heterocycles. The molecule has 0 heterocycles. The predicted octanol–water partition coefficient (Wildman–Crippen LogP) is 3.02. The number of carboxylic acid groups (broad SMARTS) is 1. The predicted molar refractivity (Wildman–Crippen MR) is 86.9 cm³/mol. The van der Waals surface area contributed by atoms with Crippen molar-refractivity contribution in [1.82, 2.24) is 5.32 Å². The van der Waals surface area contributed by atoms with E-state index in [0.717, 1.165) is 11.1 Å². The van der Waals surface area contributed by atoms with Gasteiger partial charge in [0.25, 0.3) is 5.91 Å². The first-order valence-electron chi connectivity index (χ1n) is 7.35. The van der Waals surface area contributed by atoms with Crippen molar-refractivity contribution in [2.45, 2.75) is 20.4 Å². The summed E-state index contributed by atoms with van der Waals surface area (Å²) in [6.07, 6.45) is 0. The summed E-state index contributed by atoms with van der Waals surface area (Å²) < 4.78 is 5.48. The fourth-order valence-electron chi connectivity index (χ4n) is 2.15. The van der Waals surface area contributed by atoms with Crippen molar-refractivity contribution < 1.29 is 19.4 Å². The number of rotatable bonds is 6. The zero-order valence-electron chi connectivity index (χ0n) is 13.1. The Morgan fingerprint density at radius 1 is 1.13 bits per heavy atom. The lowest BCUT2D eigenvalue weighted by atomic mass is 10.1. The van der Waals surface area contributed by atoms with Gasteiger partial charge in [-0.2, -0.15) is 0 Å². The molecule has 120 valence electrons. The highest BCUT2D eigenvalue weighted by atomic mass is 16.5. The van der Waals surface area contributed by atoms with E-state index in [4.69, 9.17) is 9.84 Å². The van der Waals surface area contributed by atoms with Gasteiger partial charge in [-0.25, -0.2) is 4.79 Å². The maximum absolute atomic E-state index is 12.4. The second-order valence-electron chi connectivity index (χ2n) is 5.12. The minimum Gasteiger partial charge on any atom is -0.493 e. The van der Waals surface area contributed by atoms with Gasteiger partial charge >= 0.3 is 5.97 Å². The van der Waals surface area contributed by atoms with Crippen LogP contribution in [0.15, 0.2) is 42.5 Å². The number of benzene rings is 2. The van der Waals surface area contributed by atoms with E-state index in [1.165, 1.54) is 12.1 Å². The Balaban J connectivity index is 2.07. The monoisotopic (exact) mass is 313 g/mol. The van der Waals surface area contributed by atoms with Crippen LogP contribution in [-0.2, 0) is 6.54 Å². The Morgan fingerprint density at radius 3 is 2.43 bits per heavy atom. The quantitative estimate of drug-likeness (QED) is 0.859. The molecular weight excluding hydrogens is 294 g/mol. The van der Waals surface area contributed by atoms with Gasteiger partial charge in [0.1, 0.15) is 5.75 Å². The fraction of sp³-hybridized carbons (Fsp3) is 0.222. The first kappa shape index (κ1) is 16.5. The molecule has 2 N–H and O–H groups in total. The number of amides is 1. The lowest BCUT2D eigenvalue weighted by Crippen LogP contribution is -2.23. The number of aromatic carboxylic acids is 1. The minimum atomic E-state index is -0.971. The molecule has 1 amide bonds. The van der Waals surface area contributed by atoms with Crippen LogP contribution in [0.1, 0.15) is 38.8 Å². The van der Waals surface area contributed by atoms with Crippen LogP contribution < -0.4 is 10.1 Å². The second kappa shape index (κ2) is 7.45. The number of carbonyl (C=O) groups excluding carboxylic acids is 1. The third-order valence-corrected chi connectivity index (χ3v) is 3.33. The summed E-state index contributed by atoms with van der Waals surface area (Å²) in [4.78, 5) is 23.2. The molecule has 5 nitrogen and oxygen atoms in total. The van der Waals surface area contributed by atoms with Gasteiger partial charge in [-0.3, -0.25) is 4.79 Å². The van der Waals surface area contributed by atoms with E-state index in [-0.39, 0.29) is 11.5 Å². The lowest BCUT2D eigenvalue weighted by molar-refractivity contribution is 0.0696. The smallest absolute Gasteiger partial charge is 0.335 e. The van der Waals surface area contributed by atoms with E-state index >= 15 is 0 Å². The molecule has 23 heavy (non-hydrogen) atoms. The number of hydrogen-bond acceptors (Lipinski definition) is 3. The van der Waals surface area contributed by atoms with E-state index in [0.29, 0.717) is 24.5 Å². The summed E-state index contributed by atoms with van der Waals surface area (Å²) in [5, 5.41) is 11.7. The number of nitrogens with one attached hydrogen (secondary N) is 1. The highest BCUT2D eigenvalue weighted by Gasteiger charge is 2.12. The van der Waals surface area contributed by atoms with Gasteiger partial charge in [0.05, 0.1) is 17.7 Å². The van der Waals surface area contributed by atoms with Crippen molar-refractivity contribution in [3.05, 3.63) is 64.7 Å². The van der Waals surface area contributed by atoms with Crippen LogP contribution in [0.4, 0.5) is 0 Å². The molecule has 0 saturated carbocycles. The summed E-state index contributed by atoms with van der Waals surface area (Å²) in [6, 6.07) is 11.9. The molecular formula is C18H19NO4. The molecule has 0 aliphatic rings. The van der Waals surface area contributed by atoms with Crippen molar-refractivity contribution in [2.75, 3.05) is 6.61 Å². The number of carbonyl (C=O) groups is 2. The average molecular weight is 313 g/mol. The molecule has 0 aliphatic carbocycles. The van der Waals surface area contributed by atoms with Gasteiger partial charge in [0.2, 0.25) is 0 Å². The first-order valence-corrected chi connectivity index (χ1v) is 7.35. The molecule has 0 unspecified atom stereocenters. The van der Waals surface area contributed by atoms with Crippen molar-refractivity contribution in [2.24, 2.45) is 0 Å². The van der Waals surface area contributed by atoms with Gasteiger partial charge in [-0.15, -0.1) is 0 Å². The number of hydrogen-bond donors (Lipinski definition) is 2. The van der Waals surface area contributed by atoms with Crippen LogP contribution in [0.3, 0.4) is 0 Å². The fourth-order valence-corrected chi connectivity index (χ4v) is 2.15. The summed E-state index contributed by atoms with van der Waals surface area (Å²) in [7, 11) is 0. The first-order chi connectivity index (χ1) is 11.0. The molecule has 2 aromatic carbocycles. The van der Waals surface area contributed by atoms with Crippen molar-refractivity contribution in [3.63, 3.8) is 0 Å². The molecule has 0 aromatic heterocycles. The molecule has 0 bridgehead atoms. The molecule has 0 fully saturated rings. The number of ether oxygens (including phenoxy) is 1. The zero-order valence-corrected chi connectivity index (χ0v) is 13.1. The largest absolute Gasteiger partial charge is 0.493 e. The lowest BCUT2D eigenvalue weighted by Gasteiger charge is -2.11.